The van der Waals surface area contributed by atoms with E-state index in [1.165, 1.54) is 0 Å². The summed E-state index contributed by atoms with van der Waals surface area (Å²) >= 11 is 0. The fraction of sp³-hybridized carbons (Fsp3) is 0.100. The van der Waals surface area contributed by atoms with Crippen molar-refractivity contribution in [3.8, 4) is 18.1 Å². The molecule has 1 rings (SSSR count). The molecule has 66 valence electrons. The van der Waals surface area contributed by atoms with Crippen molar-refractivity contribution in [2.75, 3.05) is 6.61 Å². The van der Waals surface area contributed by atoms with Crippen LogP contribution in [0.3, 0.4) is 0 Å². The maximum atomic E-state index is 10.4. The van der Waals surface area contributed by atoms with Gasteiger partial charge in [0.1, 0.15) is 5.75 Å². The van der Waals surface area contributed by atoms with E-state index in [2.05, 4.69) is 5.92 Å². The van der Waals surface area contributed by atoms with Gasteiger partial charge in [-0.05, 0) is 24.3 Å². The van der Waals surface area contributed by atoms with Gasteiger partial charge in [0.15, 0.2) is 6.61 Å². The van der Waals surface area contributed by atoms with E-state index in [1.54, 1.807) is 24.3 Å². The second-order valence-corrected chi connectivity index (χ2v) is 2.42. The van der Waals surface area contributed by atoms with Gasteiger partial charge in [0.05, 0.1) is 0 Å². The molecule has 0 heterocycles. The van der Waals surface area contributed by atoms with Crippen LogP contribution in [0.4, 0.5) is 0 Å². The SMILES string of the molecule is C#Cc1ccc(OCC(N)=O)cc1. The highest BCUT2D eigenvalue weighted by Crippen LogP contribution is 2.10. The number of carbonyl (C=O) groups is 1. The Morgan fingerprint density at radius 3 is 2.54 bits per heavy atom. The van der Waals surface area contributed by atoms with Crippen LogP contribution in [0.15, 0.2) is 24.3 Å². The molecular formula is C10H9NO2. The van der Waals surface area contributed by atoms with Crippen molar-refractivity contribution in [1.82, 2.24) is 0 Å². The van der Waals surface area contributed by atoms with Crippen molar-refractivity contribution >= 4 is 5.91 Å². The van der Waals surface area contributed by atoms with Crippen LogP contribution in [0.25, 0.3) is 0 Å². The molecule has 0 bridgehead atoms. The summed E-state index contributed by atoms with van der Waals surface area (Å²) in [5.74, 6) is 2.55. The van der Waals surface area contributed by atoms with E-state index in [0.29, 0.717) is 5.75 Å². The lowest BCUT2D eigenvalue weighted by atomic mass is 10.2. The first-order valence-corrected chi connectivity index (χ1v) is 3.70. The van der Waals surface area contributed by atoms with E-state index in [0.717, 1.165) is 5.56 Å². The first-order valence-electron chi connectivity index (χ1n) is 3.70. The molecule has 13 heavy (non-hydrogen) atoms. The molecule has 0 spiro atoms. The lowest BCUT2D eigenvalue weighted by Gasteiger charge is -2.02. The third kappa shape index (κ3) is 2.88. The lowest BCUT2D eigenvalue weighted by molar-refractivity contribution is -0.119. The Morgan fingerprint density at radius 1 is 1.46 bits per heavy atom. The van der Waals surface area contributed by atoms with Crippen LogP contribution in [-0.4, -0.2) is 12.5 Å². The number of amides is 1. The minimum atomic E-state index is -0.499. The highest BCUT2D eigenvalue weighted by Gasteiger charge is 1.96. The Hall–Kier alpha value is -1.95. The summed E-state index contributed by atoms with van der Waals surface area (Å²) in [5.41, 5.74) is 5.67. The van der Waals surface area contributed by atoms with Crippen molar-refractivity contribution in [2.45, 2.75) is 0 Å². The van der Waals surface area contributed by atoms with Gasteiger partial charge >= 0.3 is 0 Å². The van der Waals surface area contributed by atoms with Gasteiger partial charge in [-0.1, -0.05) is 5.92 Å². The Labute approximate surface area is 76.5 Å². The van der Waals surface area contributed by atoms with E-state index < -0.39 is 5.91 Å². The molecule has 1 amide bonds. The molecule has 3 nitrogen and oxygen atoms in total. The van der Waals surface area contributed by atoms with Crippen molar-refractivity contribution in [2.24, 2.45) is 5.73 Å². The molecule has 3 heteroatoms. The zero-order valence-corrected chi connectivity index (χ0v) is 6.99. The minimum Gasteiger partial charge on any atom is -0.484 e. The summed E-state index contributed by atoms with van der Waals surface area (Å²) < 4.78 is 5.02. The number of hydrogen-bond acceptors (Lipinski definition) is 2. The Balaban J connectivity index is 2.60. The molecule has 1 aromatic carbocycles. The number of carbonyl (C=O) groups excluding carboxylic acids is 1. The quantitative estimate of drug-likeness (QED) is 0.681. The van der Waals surface area contributed by atoms with E-state index in [4.69, 9.17) is 16.9 Å². The molecule has 0 fully saturated rings. The maximum Gasteiger partial charge on any atom is 0.255 e. The van der Waals surface area contributed by atoms with Crippen LogP contribution in [0, 0.1) is 12.3 Å². The van der Waals surface area contributed by atoms with Crippen LogP contribution in [0.2, 0.25) is 0 Å². The summed E-state index contributed by atoms with van der Waals surface area (Å²) in [6, 6.07) is 6.85. The fourth-order valence-corrected chi connectivity index (χ4v) is 0.802. The summed E-state index contributed by atoms with van der Waals surface area (Å²) in [7, 11) is 0. The van der Waals surface area contributed by atoms with Crippen LogP contribution in [0.1, 0.15) is 5.56 Å². The summed E-state index contributed by atoms with van der Waals surface area (Å²) in [6.45, 7) is -0.116. The molecule has 0 aliphatic rings. The van der Waals surface area contributed by atoms with Gasteiger partial charge < -0.3 is 10.5 Å². The minimum absolute atomic E-state index is 0.116. The predicted octanol–water partition coefficient (Wildman–Crippen LogP) is 0.532. The van der Waals surface area contributed by atoms with Gasteiger partial charge in [0, 0.05) is 5.56 Å². The smallest absolute Gasteiger partial charge is 0.255 e. The summed E-state index contributed by atoms with van der Waals surface area (Å²) in [4.78, 5) is 10.4. The van der Waals surface area contributed by atoms with Gasteiger partial charge in [-0.25, -0.2) is 0 Å². The average molecular weight is 175 g/mol. The van der Waals surface area contributed by atoms with Crippen molar-refractivity contribution < 1.29 is 9.53 Å². The second-order valence-electron chi connectivity index (χ2n) is 2.42. The van der Waals surface area contributed by atoms with Crippen LogP contribution in [-0.2, 0) is 4.79 Å². The van der Waals surface area contributed by atoms with E-state index >= 15 is 0 Å². The molecule has 0 aliphatic carbocycles. The zero-order chi connectivity index (χ0) is 9.68. The largest absolute Gasteiger partial charge is 0.484 e. The number of hydrogen-bond donors (Lipinski definition) is 1. The Kier molecular flexibility index (Phi) is 2.93. The first kappa shape index (κ1) is 9.14. The average Bonchev–Trinajstić information content (AvgIpc) is 2.15. The molecule has 0 aromatic heterocycles. The molecule has 0 aliphatic heterocycles. The summed E-state index contributed by atoms with van der Waals surface area (Å²) in [5, 5.41) is 0. The molecular weight excluding hydrogens is 166 g/mol. The van der Waals surface area contributed by atoms with E-state index in [1.807, 2.05) is 0 Å². The Morgan fingerprint density at radius 2 is 2.08 bits per heavy atom. The highest BCUT2D eigenvalue weighted by molar-refractivity contribution is 5.75. The van der Waals surface area contributed by atoms with Crippen molar-refractivity contribution in [3.05, 3.63) is 29.8 Å². The van der Waals surface area contributed by atoms with Crippen LogP contribution >= 0.6 is 0 Å². The zero-order valence-electron chi connectivity index (χ0n) is 6.99. The monoisotopic (exact) mass is 175 g/mol. The maximum absolute atomic E-state index is 10.4. The number of ether oxygens (including phenoxy) is 1. The highest BCUT2D eigenvalue weighted by atomic mass is 16.5. The van der Waals surface area contributed by atoms with Gasteiger partial charge in [0.2, 0.25) is 0 Å². The van der Waals surface area contributed by atoms with Crippen molar-refractivity contribution in [3.63, 3.8) is 0 Å². The third-order valence-electron chi connectivity index (χ3n) is 1.40. The van der Waals surface area contributed by atoms with Crippen LogP contribution in [0.5, 0.6) is 5.75 Å². The number of terminal acetylenes is 1. The van der Waals surface area contributed by atoms with E-state index in [-0.39, 0.29) is 6.61 Å². The molecule has 0 unspecified atom stereocenters. The molecule has 1 aromatic rings. The molecule has 0 radical (unpaired) electrons. The molecule has 0 saturated carbocycles. The van der Waals surface area contributed by atoms with Crippen LogP contribution < -0.4 is 10.5 Å². The Bertz CT molecular complexity index is 335. The van der Waals surface area contributed by atoms with Gasteiger partial charge in [-0.15, -0.1) is 6.42 Å². The number of rotatable bonds is 3. The standard InChI is InChI=1S/C10H9NO2/c1-2-8-3-5-9(6-4-8)13-7-10(11)12/h1,3-6H,7H2,(H2,11,12). The first-order chi connectivity index (χ1) is 6.22. The predicted molar refractivity (Wildman–Crippen MR) is 49.1 cm³/mol. The number of primary amides is 1. The van der Waals surface area contributed by atoms with Gasteiger partial charge in [0.25, 0.3) is 5.91 Å². The fourth-order valence-electron chi connectivity index (χ4n) is 0.802. The normalized spacial score (nSPS) is 8.85. The molecule has 0 atom stereocenters. The molecule has 0 saturated heterocycles. The summed E-state index contributed by atoms with van der Waals surface area (Å²) in [6.07, 6.45) is 5.16. The molecule has 2 N–H and O–H groups in total. The van der Waals surface area contributed by atoms with E-state index in [9.17, 15) is 4.79 Å². The second kappa shape index (κ2) is 4.17. The van der Waals surface area contributed by atoms with Crippen molar-refractivity contribution in [1.29, 1.82) is 0 Å². The van der Waals surface area contributed by atoms with Gasteiger partial charge in [-0.3, -0.25) is 4.79 Å². The topological polar surface area (TPSA) is 52.3 Å². The van der Waals surface area contributed by atoms with Gasteiger partial charge in [-0.2, -0.15) is 0 Å². The lowest BCUT2D eigenvalue weighted by Crippen LogP contribution is -2.19. The third-order valence-corrected chi connectivity index (χ3v) is 1.40. The number of benzene rings is 1. The number of nitrogens with two attached hydrogens (primary N) is 1.